The summed E-state index contributed by atoms with van der Waals surface area (Å²) in [6, 6.07) is 0. The molecule has 0 saturated heterocycles. The fourth-order valence-electron chi connectivity index (χ4n) is 0.569. The van der Waals surface area contributed by atoms with E-state index in [1.54, 1.807) is 6.92 Å². The fraction of sp³-hybridized carbons (Fsp3) is 0.750. The second kappa shape index (κ2) is 6.42. The van der Waals surface area contributed by atoms with Crippen LogP contribution in [-0.2, 0) is 14.3 Å². The van der Waals surface area contributed by atoms with E-state index in [2.05, 4.69) is 4.74 Å². The van der Waals surface area contributed by atoms with Gasteiger partial charge in [0.15, 0.2) is 0 Å². The third-order valence-electron chi connectivity index (χ3n) is 1.38. The molecular weight excluding hydrogens is 176 g/mol. The number of carboxylic acids is 1. The molecule has 2 N–H and O–H groups in total. The van der Waals surface area contributed by atoms with Gasteiger partial charge in [0.05, 0.1) is 19.4 Å². The van der Waals surface area contributed by atoms with Crippen LogP contribution in [0.3, 0.4) is 0 Å². The number of aliphatic hydroxyl groups excluding tert-OH is 1. The lowest BCUT2D eigenvalue weighted by atomic mass is 10.2. The molecule has 1 atom stereocenters. The highest BCUT2D eigenvalue weighted by atomic mass is 16.5. The summed E-state index contributed by atoms with van der Waals surface area (Å²) < 4.78 is 4.68. The molecule has 1 unspecified atom stereocenters. The Morgan fingerprint density at radius 3 is 2.46 bits per heavy atom. The Bertz CT molecular complexity index is 177. The molecule has 0 spiro atoms. The molecule has 0 aromatic carbocycles. The molecule has 0 fully saturated rings. The Morgan fingerprint density at radius 1 is 1.38 bits per heavy atom. The summed E-state index contributed by atoms with van der Waals surface area (Å²) >= 11 is 0. The van der Waals surface area contributed by atoms with Crippen LogP contribution in [0.2, 0.25) is 0 Å². The zero-order chi connectivity index (χ0) is 10.3. The van der Waals surface area contributed by atoms with Crippen LogP contribution in [0.15, 0.2) is 0 Å². The second-order valence-electron chi connectivity index (χ2n) is 2.86. The summed E-state index contributed by atoms with van der Waals surface area (Å²) in [5, 5.41) is 16.8. The first kappa shape index (κ1) is 11.9. The molecule has 0 amide bonds. The normalized spacial score (nSPS) is 12.2. The van der Waals surface area contributed by atoms with Crippen molar-refractivity contribution in [2.24, 2.45) is 5.92 Å². The van der Waals surface area contributed by atoms with Crippen molar-refractivity contribution in [1.82, 2.24) is 0 Å². The Kier molecular flexibility index (Phi) is 5.88. The molecule has 76 valence electrons. The highest BCUT2D eigenvalue weighted by Gasteiger charge is 2.08. The number of hydrogen-bond acceptors (Lipinski definition) is 4. The van der Waals surface area contributed by atoms with Crippen LogP contribution < -0.4 is 0 Å². The fourth-order valence-corrected chi connectivity index (χ4v) is 0.569. The van der Waals surface area contributed by atoms with Gasteiger partial charge in [-0.05, 0) is 0 Å². The summed E-state index contributed by atoms with van der Waals surface area (Å²) in [4.78, 5) is 20.9. The number of esters is 1. The van der Waals surface area contributed by atoms with E-state index in [9.17, 15) is 9.59 Å². The van der Waals surface area contributed by atoms with Crippen LogP contribution in [0.25, 0.3) is 0 Å². The Labute approximate surface area is 76.3 Å². The van der Waals surface area contributed by atoms with Crippen LogP contribution in [0.1, 0.15) is 19.8 Å². The molecule has 5 heteroatoms. The van der Waals surface area contributed by atoms with Crippen LogP contribution in [-0.4, -0.2) is 35.4 Å². The molecule has 13 heavy (non-hydrogen) atoms. The molecule has 0 aromatic rings. The lowest BCUT2D eigenvalue weighted by molar-refractivity contribution is -0.148. The maximum Gasteiger partial charge on any atom is 0.306 e. The summed E-state index contributed by atoms with van der Waals surface area (Å²) in [6.45, 7) is 1.81. The van der Waals surface area contributed by atoms with Crippen molar-refractivity contribution in [2.45, 2.75) is 19.8 Å². The van der Waals surface area contributed by atoms with E-state index < -0.39 is 11.9 Å². The molecule has 5 nitrogen and oxygen atoms in total. The van der Waals surface area contributed by atoms with Gasteiger partial charge in [-0.15, -0.1) is 0 Å². The van der Waals surface area contributed by atoms with E-state index in [4.69, 9.17) is 10.2 Å². The second-order valence-corrected chi connectivity index (χ2v) is 2.86. The maximum atomic E-state index is 10.8. The zero-order valence-electron chi connectivity index (χ0n) is 7.52. The van der Waals surface area contributed by atoms with E-state index in [0.717, 1.165) is 0 Å². The van der Waals surface area contributed by atoms with Gasteiger partial charge >= 0.3 is 11.9 Å². The largest absolute Gasteiger partial charge is 0.481 e. The average molecular weight is 190 g/mol. The van der Waals surface area contributed by atoms with Crippen molar-refractivity contribution in [3.05, 3.63) is 0 Å². The van der Waals surface area contributed by atoms with E-state index in [-0.39, 0.29) is 32.0 Å². The smallest absolute Gasteiger partial charge is 0.306 e. The standard InChI is InChI=1S/C8H14O5/c1-6(4-9)5-13-8(12)3-2-7(10)11/h6,9H,2-5H2,1H3,(H,10,11). The minimum absolute atomic E-state index is 0.0494. The van der Waals surface area contributed by atoms with E-state index in [1.807, 2.05) is 0 Å². The Hall–Kier alpha value is -1.10. The van der Waals surface area contributed by atoms with Gasteiger partial charge in [0.25, 0.3) is 0 Å². The van der Waals surface area contributed by atoms with Gasteiger partial charge in [-0.2, -0.15) is 0 Å². The number of carbonyl (C=O) groups excluding carboxylic acids is 1. The minimum atomic E-state index is -1.02. The summed E-state index contributed by atoms with van der Waals surface area (Å²) in [5.41, 5.74) is 0. The number of aliphatic carboxylic acids is 1. The van der Waals surface area contributed by atoms with Crippen LogP contribution >= 0.6 is 0 Å². The number of ether oxygens (including phenoxy) is 1. The van der Waals surface area contributed by atoms with Gasteiger partial charge in [-0.25, -0.2) is 0 Å². The first-order chi connectivity index (χ1) is 6.06. The summed E-state index contributed by atoms with van der Waals surface area (Å²) in [6.07, 6.45) is -0.334. The molecule has 0 aliphatic carbocycles. The van der Waals surface area contributed by atoms with Gasteiger partial charge in [0.1, 0.15) is 0 Å². The van der Waals surface area contributed by atoms with Crippen molar-refractivity contribution in [3.8, 4) is 0 Å². The van der Waals surface area contributed by atoms with Gasteiger partial charge < -0.3 is 14.9 Å². The summed E-state index contributed by atoms with van der Waals surface area (Å²) in [5.74, 6) is -1.66. The zero-order valence-corrected chi connectivity index (χ0v) is 7.52. The van der Waals surface area contributed by atoms with E-state index >= 15 is 0 Å². The van der Waals surface area contributed by atoms with Gasteiger partial charge in [-0.1, -0.05) is 6.92 Å². The Morgan fingerprint density at radius 2 is 2.00 bits per heavy atom. The van der Waals surface area contributed by atoms with Crippen molar-refractivity contribution < 1.29 is 24.5 Å². The van der Waals surface area contributed by atoms with Crippen molar-refractivity contribution in [3.63, 3.8) is 0 Å². The molecule has 0 saturated carbocycles. The predicted octanol–water partition coefficient (Wildman–Crippen LogP) is 0.0228. The lowest BCUT2D eigenvalue weighted by Gasteiger charge is -2.07. The number of carbonyl (C=O) groups is 2. The number of carboxylic acid groups (broad SMARTS) is 1. The SMILES string of the molecule is CC(CO)COC(=O)CCC(=O)O. The predicted molar refractivity (Wildman–Crippen MR) is 44.1 cm³/mol. The average Bonchev–Trinajstić information content (AvgIpc) is 2.10. The topological polar surface area (TPSA) is 83.8 Å². The molecule has 0 bridgehead atoms. The quantitative estimate of drug-likeness (QED) is 0.577. The van der Waals surface area contributed by atoms with Crippen LogP contribution in [0, 0.1) is 5.92 Å². The van der Waals surface area contributed by atoms with Gasteiger partial charge in [0, 0.05) is 12.5 Å². The van der Waals surface area contributed by atoms with Crippen molar-refractivity contribution >= 4 is 11.9 Å². The molecular formula is C8H14O5. The molecule has 0 heterocycles. The first-order valence-corrected chi connectivity index (χ1v) is 4.04. The van der Waals surface area contributed by atoms with Crippen molar-refractivity contribution in [1.29, 1.82) is 0 Å². The first-order valence-electron chi connectivity index (χ1n) is 4.04. The molecule has 0 aliphatic rings. The molecule has 0 aliphatic heterocycles. The number of aliphatic hydroxyl groups is 1. The van der Waals surface area contributed by atoms with Gasteiger partial charge in [-0.3, -0.25) is 9.59 Å². The molecule has 0 radical (unpaired) electrons. The minimum Gasteiger partial charge on any atom is -0.481 e. The third-order valence-corrected chi connectivity index (χ3v) is 1.38. The molecule has 0 rings (SSSR count). The maximum absolute atomic E-state index is 10.8. The highest BCUT2D eigenvalue weighted by molar-refractivity contribution is 5.76. The summed E-state index contributed by atoms with van der Waals surface area (Å²) in [7, 11) is 0. The molecule has 0 aromatic heterocycles. The Balaban J connectivity index is 3.46. The van der Waals surface area contributed by atoms with E-state index in [0.29, 0.717) is 0 Å². The third kappa shape index (κ3) is 7.27. The van der Waals surface area contributed by atoms with Crippen molar-refractivity contribution in [2.75, 3.05) is 13.2 Å². The van der Waals surface area contributed by atoms with Gasteiger partial charge in [0.2, 0.25) is 0 Å². The van der Waals surface area contributed by atoms with Crippen LogP contribution in [0.5, 0.6) is 0 Å². The highest BCUT2D eigenvalue weighted by Crippen LogP contribution is 1.97. The monoisotopic (exact) mass is 190 g/mol. The van der Waals surface area contributed by atoms with Crippen LogP contribution in [0.4, 0.5) is 0 Å². The lowest BCUT2D eigenvalue weighted by Crippen LogP contribution is -2.15. The van der Waals surface area contributed by atoms with E-state index in [1.165, 1.54) is 0 Å². The number of rotatable bonds is 6. The number of hydrogen-bond donors (Lipinski definition) is 2.